The number of aryl methyl sites for hydroxylation is 4. The fraction of sp³-hybridized carbons (Fsp3) is 0.350. The van der Waals surface area contributed by atoms with Crippen LogP contribution in [0.4, 0.5) is 0 Å². The molecule has 0 fully saturated rings. The topological polar surface area (TPSA) is 61.2 Å². The summed E-state index contributed by atoms with van der Waals surface area (Å²) < 4.78 is 6.47. The minimum Gasteiger partial charge on any atom is -0.468 e. The number of carbonyl (C=O) groups excluding carboxylic acids is 1. The largest absolute Gasteiger partial charge is 0.468 e. The molecule has 0 radical (unpaired) electrons. The third kappa shape index (κ3) is 3.53. The Balaban J connectivity index is 2.34. The maximum atomic E-state index is 13.5. The quantitative estimate of drug-likeness (QED) is 0.369. The summed E-state index contributed by atoms with van der Waals surface area (Å²) in [6.07, 6.45) is 0. The zero-order valence-corrected chi connectivity index (χ0v) is 17.9. The van der Waals surface area contributed by atoms with Gasteiger partial charge in [0.25, 0.3) is 5.56 Å². The Bertz CT molecular complexity index is 1100. The molecule has 2 aromatic heterocycles. The Labute approximate surface area is 166 Å². The predicted molar refractivity (Wildman–Crippen MR) is 112 cm³/mol. The molecule has 0 bridgehead atoms. The van der Waals surface area contributed by atoms with Gasteiger partial charge in [0.05, 0.1) is 18.2 Å². The first-order valence-corrected chi connectivity index (χ1v) is 10.3. The number of methoxy groups -OCH3 is 1. The second-order valence-corrected chi connectivity index (χ2v) is 9.08. The molecule has 3 aromatic rings. The first-order chi connectivity index (χ1) is 12.7. The van der Waals surface area contributed by atoms with Crippen LogP contribution in [0.5, 0.6) is 0 Å². The minimum absolute atomic E-state index is 0.102. The van der Waals surface area contributed by atoms with Gasteiger partial charge in [0.1, 0.15) is 10.1 Å². The molecule has 0 amide bonds. The molecule has 0 aliphatic heterocycles. The van der Waals surface area contributed by atoms with Gasteiger partial charge in [-0.05, 0) is 57.4 Å². The standard InChI is InChI=1S/C20H22N2O3S2/c1-10-7-8-11(2)15(9-10)22-18(23)16-12(3)13(4)26-17(16)21-20(22)27-14(5)19(24)25-6/h7-9,14H,1-6H3. The third-order valence-electron chi connectivity index (χ3n) is 4.59. The van der Waals surface area contributed by atoms with E-state index in [0.29, 0.717) is 15.4 Å². The van der Waals surface area contributed by atoms with Crippen LogP contribution in [0, 0.1) is 27.7 Å². The zero-order valence-electron chi connectivity index (χ0n) is 16.2. The Morgan fingerprint density at radius 2 is 1.96 bits per heavy atom. The van der Waals surface area contributed by atoms with E-state index >= 15 is 0 Å². The average molecular weight is 403 g/mol. The number of thioether (sulfide) groups is 1. The molecule has 5 nitrogen and oxygen atoms in total. The molecule has 1 unspecified atom stereocenters. The third-order valence-corrected chi connectivity index (χ3v) is 6.72. The number of ether oxygens (including phenoxy) is 1. The normalized spacial score (nSPS) is 12.4. The molecule has 142 valence electrons. The van der Waals surface area contributed by atoms with Gasteiger partial charge in [-0.25, -0.2) is 4.98 Å². The molecule has 1 atom stereocenters. The van der Waals surface area contributed by atoms with Crippen molar-refractivity contribution < 1.29 is 9.53 Å². The maximum absolute atomic E-state index is 13.5. The number of thiophene rings is 1. The van der Waals surface area contributed by atoms with E-state index in [1.165, 1.54) is 30.2 Å². The van der Waals surface area contributed by atoms with Crippen LogP contribution in [-0.2, 0) is 9.53 Å². The molecule has 0 N–H and O–H groups in total. The van der Waals surface area contributed by atoms with Gasteiger partial charge in [0.15, 0.2) is 5.16 Å². The Morgan fingerprint density at radius 3 is 2.63 bits per heavy atom. The van der Waals surface area contributed by atoms with E-state index in [9.17, 15) is 9.59 Å². The number of fused-ring (bicyclic) bond motifs is 1. The first-order valence-electron chi connectivity index (χ1n) is 8.59. The van der Waals surface area contributed by atoms with E-state index in [1.54, 1.807) is 11.5 Å². The highest BCUT2D eigenvalue weighted by molar-refractivity contribution is 8.00. The molecular weight excluding hydrogens is 380 g/mol. The van der Waals surface area contributed by atoms with E-state index in [4.69, 9.17) is 9.72 Å². The summed E-state index contributed by atoms with van der Waals surface area (Å²) in [7, 11) is 1.36. The fourth-order valence-corrected chi connectivity index (χ4v) is 4.92. The molecular formula is C20H22N2O3S2. The van der Waals surface area contributed by atoms with Gasteiger partial charge in [-0.3, -0.25) is 14.2 Å². The Kier molecular flexibility index (Phi) is 5.44. The second kappa shape index (κ2) is 7.48. The summed E-state index contributed by atoms with van der Waals surface area (Å²) in [5, 5.41) is 0.673. The molecule has 27 heavy (non-hydrogen) atoms. The van der Waals surface area contributed by atoms with Crippen molar-refractivity contribution in [1.29, 1.82) is 0 Å². The van der Waals surface area contributed by atoms with Crippen molar-refractivity contribution in [3.63, 3.8) is 0 Å². The van der Waals surface area contributed by atoms with Gasteiger partial charge in [-0.2, -0.15) is 0 Å². The van der Waals surface area contributed by atoms with Crippen LogP contribution in [0.3, 0.4) is 0 Å². The van der Waals surface area contributed by atoms with Crippen LogP contribution < -0.4 is 5.56 Å². The second-order valence-electron chi connectivity index (χ2n) is 6.57. The smallest absolute Gasteiger partial charge is 0.318 e. The lowest BCUT2D eigenvalue weighted by atomic mass is 10.1. The van der Waals surface area contributed by atoms with E-state index in [2.05, 4.69) is 0 Å². The number of rotatable bonds is 4. The molecule has 1 aromatic carbocycles. The molecule has 2 heterocycles. The lowest BCUT2D eigenvalue weighted by Gasteiger charge is -2.16. The van der Waals surface area contributed by atoms with Crippen molar-refractivity contribution in [2.24, 2.45) is 0 Å². The molecule has 0 aliphatic rings. The van der Waals surface area contributed by atoms with E-state index in [0.717, 1.165) is 27.3 Å². The molecule has 0 spiro atoms. The summed E-state index contributed by atoms with van der Waals surface area (Å²) in [5.41, 5.74) is 3.68. The minimum atomic E-state index is -0.474. The van der Waals surface area contributed by atoms with Gasteiger partial charge in [-0.15, -0.1) is 11.3 Å². The summed E-state index contributed by atoms with van der Waals surface area (Å²) >= 11 is 2.75. The number of hydrogen-bond acceptors (Lipinski definition) is 6. The van der Waals surface area contributed by atoms with Crippen molar-refractivity contribution >= 4 is 39.3 Å². The van der Waals surface area contributed by atoms with Gasteiger partial charge in [0, 0.05) is 4.88 Å². The molecule has 0 saturated heterocycles. The summed E-state index contributed by atoms with van der Waals surface area (Å²) in [6, 6.07) is 5.98. The maximum Gasteiger partial charge on any atom is 0.318 e. The Hall–Kier alpha value is -2.12. The first kappa shape index (κ1) is 19.6. The number of esters is 1. The van der Waals surface area contributed by atoms with Crippen LogP contribution >= 0.6 is 23.1 Å². The highest BCUT2D eigenvalue weighted by atomic mass is 32.2. The fourth-order valence-electron chi connectivity index (χ4n) is 2.90. The van der Waals surface area contributed by atoms with Crippen LogP contribution in [0.2, 0.25) is 0 Å². The van der Waals surface area contributed by atoms with Crippen LogP contribution in [0.25, 0.3) is 15.9 Å². The summed E-state index contributed by atoms with van der Waals surface area (Å²) in [5.74, 6) is -0.347. The lowest BCUT2D eigenvalue weighted by Crippen LogP contribution is -2.24. The van der Waals surface area contributed by atoms with Crippen molar-refractivity contribution in [3.05, 3.63) is 50.1 Å². The summed E-state index contributed by atoms with van der Waals surface area (Å²) in [6.45, 7) is 9.66. The monoisotopic (exact) mass is 402 g/mol. The molecule has 0 aliphatic carbocycles. The van der Waals surface area contributed by atoms with Gasteiger partial charge < -0.3 is 4.74 Å². The number of aromatic nitrogens is 2. The number of nitrogens with zero attached hydrogens (tertiary/aromatic N) is 2. The van der Waals surface area contributed by atoms with Crippen LogP contribution in [0.1, 0.15) is 28.5 Å². The lowest BCUT2D eigenvalue weighted by molar-refractivity contribution is -0.139. The van der Waals surface area contributed by atoms with Crippen molar-refractivity contribution in [3.8, 4) is 5.69 Å². The van der Waals surface area contributed by atoms with E-state index in [-0.39, 0.29) is 11.5 Å². The van der Waals surface area contributed by atoms with Crippen molar-refractivity contribution in [2.45, 2.75) is 45.0 Å². The average Bonchev–Trinajstić information content (AvgIpc) is 2.91. The highest BCUT2D eigenvalue weighted by Crippen LogP contribution is 2.31. The summed E-state index contributed by atoms with van der Waals surface area (Å²) in [4.78, 5) is 31.9. The van der Waals surface area contributed by atoms with Crippen LogP contribution in [-0.4, -0.2) is 27.9 Å². The van der Waals surface area contributed by atoms with E-state index < -0.39 is 5.25 Å². The molecule has 3 rings (SSSR count). The van der Waals surface area contributed by atoms with Crippen molar-refractivity contribution in [1.82, 2.24) is 9.55 Å². The molecule has 7 heteroatoms. The predicted octanol–water partition coefficient (Wildman–Crippen LogP) is 4.33. The van der Waals surface area contributed by atoms with E-state index in [1.807, 2.05) is 45.9 Å². The number of benzene rings is 1. The Morgan fingerprint density at radius 1 is 1.26 bits per heavy atom. The highest BCUT2D eigenvalue weighted by Gasteiger charge is 2.23. The zero-order chi connectivity index (χ0) is 19.9. The van der Waals surface area contributed by atoms with Gasteiger partial charge in [-0.1, -0.05) is 23.9 Å². The van der Waals surface area contributed by atoms with Crippen molar-refractivity contribution in [2.75, 3.05) is 7.11 Å². The number of hydrogen-bond donors (Lipinski definition) is 0. The van der Waals surface area contributed by atoms with Gasteiger partial charge >= 0.3 is 5.97 Å². The molecule has 0 saturated carbocycles. The van der Waals surface area contributed by atoms with Crippen LogP contribution in [0.15, 0.2) is 28.2 Å². The SMILES string of the molecule is COC(=O)C(C)Sc1nc2sc(C)c(C)c2c(=O)n1-c1cc(C)ccc1C. The van der Waals surface area contributed by atoms with Gasteiger partial charge in [0.2, 0.25) is 0 Å². The number of carbonyl (C=O) groups is 1.